The maximum absolute atomic E-state index is 14.8. The highest BCUT2D eigenvalue weighted by atomic mass is 19.1. The van der Waals surface area contributed by atoms with Crippen LogP contribution >= 0.6 is 0 Å². The van der Waals surface area contributed by atoms with Crippen LogP contribution in [0.4, 0.5) is 8.78 Å². The van der Waals surface area contributed by atoms with Crippen molar-refractivity contribution in [3.63, 3.8) is 0 Å². The minimum absolute atomic E-state index is 0.171. The van der Waals surface area contributed by atoms with Crippen molar-refractivity contribution in [2.75, 3.05) is 0 Å². The fraction of sp³-hybridized carbons (Fsp3) is 0.0435. The van der Waals surface area contributed by atoms with Crippen LogP contribution in [-0.2, 0) is 6.54 Å². The van der Waals surface area contributed by atoms with Gasteiger partial charge in [0.2, 0.25) is 0 Å². The maximum atomic E-state index is 14.8. The summed E-state index contributed by atoms with van der Waals surface area (Å²) in [6.45, 7) is -0.231. The van der Waals surface area contributed by atoms with E-state index in [1.54, 1.807) is 24.3 Å². The van der Waals surface area contributed by atoms with Gasteiger partial charge in [-0.05, 0) is 53.6 Å². The molecule has 0 aliphatic rings. The zero-order valence-corrected chi connectivity index (χ0v) is 15.2. The maximum Gasteiger partial charge on any atom is 0.261 e. The van der Waals surface area contributed by atoms with Crippen molar-refractivity contribution in [3.8, 4) is 11.1 Å². The number of fused-ring (bicyclic) bond motifs is 2. The van der Waals surface area contributed by atoms with E-state index in [9.17, 15) is 13.6 Å². The molecule has 142 valence electrons. The zero-order chi connectivity index (χ0) is 20.0. The predicted molar refractivity (Wildman–Crippen MR) is 108 cm³/mol. The van der Waals surface area contributed by atoms with Gasteiger partial charge < -0.3 is 4.40 Å². The summed E-state index contributed by atoms with van der Waals surface area (Å²) in [5.74, 6) is -1.40. The van der Waals surface area contributed by atoms with Gasteiger partial charge in [-0.15, -0.1) is 0 Å². The molecule has 0 aliphatic carbocycles. The molecule has 3 heterocycles. The third kappa shape index (κ3) is 2.99. The zero-order valence-electron chi connectivity index (χ0n) is 15.2. The molecule has 0 spiro atoms. The largest absolute Gasteiger partial charge is 0.323 e. The van der Waals surface area contributed by atoms with Gasteiger partial charge in [-0.2, -0.15) is 0 Å². The topological polar surface area (TPSA) is 39.3 Å². The van der Waals surface area contributed by atoms with E-state index in [0.717, 1.165) is 5.52 Å². The lowest BCUT2D eigenvalue weighted by molar-refractivity contribution is 0.541. The van der Waals surface area contributed by atoms with Crippen molar-refractivity contribution in [1.82, 2.24) is 14.0 Å². The van der Waals surface area contributed by atoms with Crippen LogP contribution in [0, 0.1) is 11.6 Å². The van der Waals surface area contributed by atoms with Gasteiger partial charge in [0, 0.05) is 23.5 Å². The van der Waals surface area contributed by atoms with E-state index >= 15 is 0 Å². The van der Waals surface area contributed by atoms with Gasteiger partial charge >= 0.3 is 0 Å². The summed E-state index contributed by atoms with van der Waals surface area (Å²) in [6, 6.07) is 17.0. The number of aromatic nitrogens is 3. The van der Waals surface area contributed by atoms with Crippen LogP contribution in [0.25, 0.3) is 27.5 Å². The molecule has 0 amide bonds. The van der Waals surface area contributed by atoms with Crippen LogP contribution in [0.3, 0.4) is 0 Å². The lowest BCUT2D eigenvalue weighted by Gasteiger charge is -2.11. The number of rotatable bonds is 3. The first-order valence-corrected chi connectivity index (χ1v) is 9.09. The highest BCUT2D eigenvalue weighted by molar-refractivity contribution is 5.77. The molecule has 0 atom stereocenters. The molecule has 3 aromatic heterocycles. The first-order chi connectivity index (χ1) is 14.1. The van der Waals surface area contributed by atoms with Gasteiger partial charge in [0.1, 0.15) is 11.6 Å². The quantitative estimate of drug-likeness (QED) is 0.452. The second kappa shape index (κ2) is 6.67. The highest BCUT2D eigenvalue weighted by Gasteiger charge is 2.15. The predicted octanol–water partition coefficient (Wildman–Crippen LogP) is 4.64. The Balaban J connectivity index is 1.55. The molecule has 0 fully saturated rings. The lowest BCUT2D eigenvalue weighted by atomic mass is 10.0. The summed E-state index contributed by atoms with van der Waals surface area (Å²) < 4.78 is 32.7. The first kappa shape index (κ1) is 17.3. The van der Waals surface area contributed by atoms with Gasteiger partial charge in [-0.3, -0.25) is 9.36 Å². The van der Waals surface area contributed by atoms with Crippen molar-refractivity contribution in [3.05, 3.63) is 107 Å². The number of benzene rings is 2. The second-order valence-corrected chi connectivity index (χ2v) is 6.87. The molecular formula is C23H15F2N3O. The van der Waals surface area contributed by atoms with Gasteiger partial charge in [0.05, 0.1) is 23.8 Å². The molecule has 0 unspecified atom stereocenters. The monoisotopic (exact) mass is 387 g/mol. The molecule has 29 heavy (non-hydrogen) atoms. The molecule has 5 aromatic rings. The molecule has 6 heteroatoms. The Labute approximate surface area is 164 Å². The van der Waals surface area contributed by atoms with Crippen molar-refractivity contribution >= 4 is 16.4 Å². The molecule has 0 saturated carbocycles. The van der Waals surface area contributed by atoms with E-state index in [-0.39, 0.29) is 17.7 Å². The molecular weight excluding hydrogens is 372 g/mol. The number of halogens is 2. The molecule has 0 N–H and O–H groups in total. The SMILES string of the molecule is O=c1c2ccccc2ncn1Cc1c(F)cc(-c2ccc3cccn3c2)cc1F. The number of para-hydroxylation sites is 1. The fourth-order valence-corrected chi connectivity index (χ4v) is 3.51. The molecule has 4 nitrogen and oxygen atoms in total. The van der Waals surface area contributed by atoms with Crippen molar-refractivity contribution < 1.29 is 8.78 Å². The van der Waals surface area contributed by atoms with Crippen molar-refractivity contribution in [1.29, 1.82) is 0 Å². The Bertz CT molecular complexity index is 1410. The normalized spacial score (nSPS) is 11.4. The van der Waals surface area contributed by atoms with E-state index in [0.29, 0.717) is 22.0 Å². The molecule has 0 aliphatic heterocycles. The van der Waals surface area contributed by atoms with Crippen molar-refractivity contribution in [2.45, 2.75) is 6.54 Å². The molecule has 0 saturated heterocycles. The summed E-state index contributed by atoms with van der Waals surface area (Å²) in [5.41, 5.74) is 2.16. The number of hydrogen-bond donors (Lipinski definition) is 0. The summed E-state index contributed by atoms with van der Waals surface area (Å²) >= 11 is 0. The molecule has 2 aromatic carbocycles. The third-order valence-electron chi connectivity index (χ3n) is 5.06. The van der Waals surface area contributed by atoms with Crippen LogP contribution in [0.5, 0.6) is 0 Å². The number of hydrogen-bond acceptors (Lipinski definition) is 2. The van der Waals surface area contributed by atoms with Gasteiger partial charge in [0.15, 0.2) is 0 Å². The second-order valence-electron chi connectivity index (χ2n) is 6.87. The highest BCUT2D eigenvalue weighted by Crippen LogP contribution is 2.25. The van der Waals surface area contributed by atoms with E-state index in [2.05, 4.69) is 4.98 Å². The van der Waals surface area contributed by atoms with Gasteiger partial charge in [-0.25, -0.2) is 13.8 Å². The third-order valence-corrected chi connectivity index (χ3v) is 5.06. The van der Waals surface area contributed by atoms with Crippen LogP contribution in [-0.4, -0.2) is 14.0 Å². The Morgan fingerprint density at radius 3 is 2.52 bits per heavy atom. The molecule has 5 rings (SSSR count). The first-order valence-electron chi connectivity index (χ1n) is 9.09. The van der Waals surface area contributed by atoms with Gasteiger partial charge in [-0.1, -0.05) is 18.2 Å². The Morgan fingerprint density at radius 1 is 0.897 bits per heavy atom. The average Bonchev–Trinajstić information content (AvgIpc) is 3.20. The molecule has 0 radical (unpaired) electrons. The van der Waals surface area contributed by atoms with E-state index < -0.39 is 11.6 Å². The van der Waals surface area contributed by atoms with E-state index in [1.807, 2.05) is 41.1 Å². The Kier molecular flexibility index (Phi) is 3.98. The van der Waals surface area contributed by atoms with E-state index in [4.69, 9.17) is 0 Å². The van der Waals surface area contributed by atoms with Crippen LogP contribution in [0.2, 0.25) is 0 Å². The van der Waals surface area contributed by atoms with Crippen molar-refractivity contribution in [2.24, 2.45) is 0 Å². The van der Waals surface area contributed by atoms with E-state index in [1.165, 1.54) is 23.0 Å². The van der Waals surface area contributed by atoms with Crippen LogP contribution in [0.1, 0.15) is 5.56 Å². The number of nitrogens with zero attached hydrogens (tertiary/aromatic N) is 3. The standard InChI is InChI=1S/C23H15F2N3O/c24-20-10-16(15-7-8-17-4-3-9-27(17)12-15)11-21(25)19(20)13-28-14-26-22-6-2-1-5-18(22)23(28)29/h1-12,14H,13H2. The molecule has 0 bridgehead atoms. The summed E-state index contributed by atoms with van der Waals surface area (Å²) in [4.78, 5) is 16.8. The Morgan fingerprint density at radius 2 is 1.69 bits per heavy atom. The summed E-state index contributed by atoms with van der Waals surface area (Å²) in [5, 5.41) is 0.410. The minimum Gasteiger partial charge on any atom is -0.323 e. The van der Waals surface area contributed by atoms with Crippen LogP contribution in [0.15, 0.2) is 84.2 Å². The summed E-state index contributed by atoms with van der Waals surface area (Å²) in [6.07, 6.45) is 5.01. The Hall–Kier alpha value is -3.80. The number of pyridine rings is 1. The minimum atomic E-state index is -0.701. The lowest BCUT2D eigenvalue weighted by Crippen LogP contribution is -2.22. The summed E-state index contributed by atoms with van der Waals surface area (Å²) in [7, 11) is 0. The van der Waals surface area contributed by atoms with Gasteiger partial charge in [0.25, 0.3) is 5.56 Å². The van der Waals surface area contributed by atoms with Crippen LogP contribution < -0.4 is 5.56 Å². The fourth-order valence-electron chi connectivity index (χ4n) is 3.51. The average molecular weight is 387 g/mol. The smallest absolute Gasteiger partial charge is 0.261 e.